The first-order valence-electron chi connectivity index (χ1n) is 6.92. The second kappa shape index (κ2) is 6.41. The molecule has 1 heterocycles. The van der Waals surface area contributed by atoms with E-state index in [9.17, 15) is 10.0 Å². The van der Waals surface area contributed by atoms with Gasteiger partial charge in [0.25, 0.3) is 0 Å². The Morgan fingerprint density at radius 1 is 1.42 bits per heavy atom. The number of benzene rings is 1. The Hall–Kier alpha value is -1.04. The fraction of sp³-hybridized carbons (Fsp3) is 0.571. The van der Waals surface area contributed by atoms with Crippen molar-refractivity contribution in [3.8, 4) is 5.75 Å². The van der Waals surface area contributed by atoms with Crippen LogP contribution >= 0.6 is 0 Å². The molecule has 1 fully saturated rings. The van der Waals surface area contributed by atoms with Crippen LogP contribution in [0.15, 0.2) is 18.2 Å². The quantitative estimate of drug-likeness (QED) is 0.770. The predicted molar refractivity (Wildman–Crippen MR) is 76.5 cm³/mol. The van der Waals surface area contributed by atoms with Crippen molar-refractivity contribution in [3.05, 3.63) is 23.8 Å². The van der Waals surface area contributed by atoms with E-state index in [0.29, 0.717) is 11.5 Å². The SMILES string of the molecule is CCC1CCCN1Cc1cc(B(O)O)ccc1OC. The maximum absolute atomic E-state index is 9.27. The molecule has 0 spiro atoms. The topological polar surface area (TPSA) is 52.9 Å². The molecule has 19 heavy (non-hydrogen) atoms. The number of nitrogens with zero attached hydrogens (tertiary/aromatic N) is 1. The highest BCUT2D eigenvalue weighted by Gasteiger charge is 2.24. The second-order valence-corrected chi connectivity index (χ2v) is 5.12. The third kappa shape index (κ3) is 3.29. The molecular weight excluding hydrogens is 241 g/mol. The molecule has 1 unspecified atom stereocenters. The largest absolute Gasteiger partial charge is 0.496 e. The lowest BCUT2D eigenvalue weighted by Crippen LogP contribution is -2.32. The highest BCUT2D eigenvalue weighted by Crippen LogP contribution is 2.25. The number of methoxy groups -OCH3 is 1. The van der Waals surface area contributed by atoms with Gasteiger partial charge in [-0.25, -0.2) is 0 Å². The van der Waals surface area contributed by atoms with Gasteiger partial charge >= 0.3 is 7.12 Å². The van der Waals surface area contributed by atoms with E-state index in [1.165, 1.54) is 12.8 Å². The molecule has 1 aliphatic rings. The average Bonchev–Trinajstić information content (AvgIpc) is 2.85. The molecule has 5 heteroatoms. The molecule has 0 saturated carbocycles. The first-order chi connectivity index (χ1) is 9.15. The molecule has 2 N–H and O–H groups in total. The molecule has 0 radical (unpaired) electrons. The van der Waals surface area contributed by atoms with Crippen LogP contribution in [-0.4, -0.2) is 41.8 Å². The molecule has 1 aliphatic heterocycles. The van der Waals surface area contributed by atoms with Gasteiger partial charge in [0.15, 0.2) is 0 Å². The maximum atomic E-state index is 9.27. The van der Waals surface area contributed by atoms with Crippen LogP contribution in [0.2, 0.25) is 0 Å². The minimum absolute atomic E-state index is 0.517. The summed E-state index contributed by atoms with van der Waals surface area (Å²) >= 11 is 0. The normalized spacial score (nSPS) is 19.7. The van der Waals surface area contributed by atoms with E-state index in [4.69, 9.17) is 4.74 Å². The minimum atomic E-state index is -1.43. The van der Waals surface area contributed by atoms with Gasteiger partial charge in [0.05, 0.1) is 7.11 Å². The predicted octanol–water partition coefficient (Wildman–Crippen LogP) is 0.749. The Labute approximate surface area is 115 Å². The van der Waals surface area contributed by atoms with E-state index in [1.807, 2.05) is 6.07 Å². The zero-order valence-electron chi connectivity index (χ0n) is 11.7. The fourth-order valence-corrected chi connectivity index (χ4v) is 2.87. The van der Waals surface area contributed by atoms with Crippen molar-refractivity contribution in [2.45, 2.75) is 38.8 Å². The van der Waals surface area contributed by atoms with Gasteiger partial charge in [0.1, 0.15) is 5.75 Å². The monoisotopic (exact) mass is 263 g/mol. The van der Waals surface area contributed by atoms with Crippen LogP contribution < -0.4 is 10.2 Å². The Balaban J connectivity index is 2.19. The van der Waals surface area contributed by atoms with Crippen LogP contribution in [0.3, 0.4) is 0 Å². The Kier molecular flexibility index (Phi) is 4.85. The molecule has 0 bridgehead atoms. The number of likely N-dealkylation sites (tertiary alicyclic amines) is 1. The van der Waals surface area contributed by atoms with Crippen LogP contribution in [0.5, 0.6) is 5.75 Å². The van der Waals surface area contributed by atoms with Crippen molar-refractivity contribution < 1.29 is 14.8 Å². The van der Waals surface area contributed by atoms with Crippen LogP contribution in [-0.2, 0) is 6.54 Å². The molecule has 1 atom stereocenters. The van der Waals surface area contributed by atoms with E-state index >= 15 is 0 Å². The Morgan fingerprint density at radius 3 is 2.84 bits per heavy atom. The lowest BCUT2D eigenvalue weighted by atomic mass is 9.79. The van der Waals surface area contributed by atoms with Gasteiger partial charge in [0, 0.05) is 18.2 Å². The van der Waals surface area contributed by atoms with Gasteiger partial charge in [-0.2, -0.15) is 0 Å². The van der Waals surface area contributed by atoms with E-state index < -0.39 is 7.12 Å². The first kappa shape index (κ1) is 14.4. The van der Waals surface area contributed by atoms with Gasteiger partial charge in [-0.15, -0.1) is 0 Å². The van der Waals surface area contributed by atoms with Crippen LogP contribution in [0.4, 0.5) is 0 Å². The van der Waals surface area contributed by atoms with E-state index in [-0.39, 0.29) is 0 Å². The van der Waals surface area contributed by atoms with E-state index in [2.05, 4.69) is 11.8 Å². The molecule has 2 rings (SSSR count). The summed E-state index contributed by atoms with van der Waals surface area (Å²) in [4.78, 5) is 2.45. The zero-order valence-corrected chi connectivity index (χ0v) is 11.7. The summed E-state index contributed by atoms with van der Waals surface area (Å²) in [5.41, 5.74) is 1.54. The van der Waals surface area contributed by atoms with Crippen molar-refractivity contribution in [1.82, 2.24) is 4.90 Å². The van der Waals surface area contributed by atoms with E-state index in [0.717, 1.165) is 30.8 Å². The first-order valence-corrected chi connectivity index (χ1v) is 6.92. The molecule has 4 nitrogen and oxygen atoms in total. The molecule has 1 aromatic rings. The summed E-state index contributed by atoms with van der Waals surface area (Å²) in [6, 6.07) is 5.96. The van der Waals surface area contributed by atoms with Crippen molar-refractivity contribution in [2.75, 3.05) is 13.7 Å². The van der Waals surface area contributed by atoms with Gasteiger partial charge in [0.2, 0.25) is 0 Å². The van der Waals surface area contributed by atoms with Crippen LogP contribution in [0, 0.1) is 0 Å². The van der Waals surface area contributed by atoms with Gasteiger partial charge < -0.3 is 14.8 Å². The highest BCUT2D eigenvalue weighted by atomic mass is 16.5. The standard InChI is InChI=1S/C14H22BNO3/c1-3-13-5-4-8-16(13)10-11-9-12(15(17)18)6-7-14(11)19-2/h6-7,9,13,17-18H,3-5,8,10H2,1-2H3. The lowest BCUT2D eigenvalue weighted by Gasteiger charge is -2.24. The number of ether oxygens (including phenoxy) is 1. The molecule has 0 aromatic heterocycles. The maximum Gasteiger partial charge on any atom is 0.488 e. The third-order valence-corrected chi connectivity index (χ3v) is 3.95. The fourth-order valence-electron chi connectivity index (χ4n) is 2.87. The van der Waals surface area contributed by atoms with Gasteiger partial charge in [-0.05, 0) is 37.3 Å². The Morgan fingerprint density at radius 2 is 2.21 bits per heavy atom. The van der Waals surface area contributed by atoms with Gasteiger partial charge in [-0.1, -0.05) is 19.1 Å². The minimum Gasteiger partial charge on any atom is -0.496 e. The summed E-state index contributed by atoms with van der Waals surface area (Å²) < 4.78 is 5.37. The van der Waals surface area contributed by atoms with Crippen LogP contribution in [0.1, 0.15) is 31.7 Å². The molecule has 1 saturated heterocycles. The highest BCUT2D eigenvalue weighted by molar-refractivity contribution is 6.58. The van der Waals surface area contributed by atoms with Crippen molar-refractivity contribution in [1.29, 1.82) is 0 Å². The number of rotatable bonds is 5. The molecular formula is C14H22BNO3. The second-order valence-electron chi connectivity index (χ2n) is 5.12. The van der Waals surface area contributed by atoms with E-state index in [1.54, 1.807) is 19.2 Å². The lowest BCUT2D eigenvalue weighted by molar-refractivity contribution is 0.236. The number of hydrogen-bond donors (Lipinski definition) is 2. The molecule has 0 aliphatic carbocycles. The average molecular weight is 263 g/mol. The van der Waals surface area contributed by atoms with Crippen LogP contribution in [0.25, 0.3) is 0 Å². The summed E-state index contributed by atoms with van der Waals surface area (Å²) in [5, 5.41) is 18.5. The molecule has 104 valence electrons. The summed E-state index contributed by atoms with van der Waals surface area (Å²) in [6.45, 7) is 4.13. The van der Waals surface area contributed by atoms with Crippen molar-refractivity contribution >= 4 is 12.6 Å². The van der Waals surface area contributed by atoms with Crippen molar-refractivity contribution in [2.24, 2.45) is 0 Å². The third-order valence-electron chi connectivity index (χ3n) is 3.95. The molecule has 0 amide bonds. The van der Waals surface area contributed by atoms with Gasteiger partial charge in [-0.3, -0.25) is 4.90 Å². The summed E-state index contributed by atoms with van der Waals surface area (Å²) in [6.07, 6.45) is 3.65. The molecule has 1 aromatic carbocycles. The summed E-state index contributed by atoms with van der Waals surface area (Å²) in [7, 11) is 0.222. The summed E-state index contributed by atoms with van der Waals surface area (Å²) in [5.74, 6) is 0.811. The zero-order chi connectivity index (χ0) is 13.8. The van der Waals surface area contributed by atoms with Crippen molar-refractivity contribution in [3.63, 3.8) is 0 Å². The Bertz CT molecular complexity index is 425. The smallest absolute Gasteiger partial charge is 0.488 e. The number of hydrogen-bond acceptors (Lipinski definition) is 4.